The Morgan fingerprint density at radius 2 is 1.95 bits per heavy atom. The molecule has 0 bridgehead atoms. The average Bonchev–Trinajstić information content (AvgIpc) is 2.53. The summed E-state index contributed by atoms with van der Waals surface area (Å²) in [5, 5.41) is 8.95. The highest BCUT2D eigenvalue weighted by atomic mass is 16.5. The first kappa shape index (κ1) is 15.1. The molecule has 2 aromatic carbocycles. The van der Waals surface area contributed by atoms with Crippen molar-refractivity contribution >= 4 is 5.97 Å². The van der Waals surface area contributed by atoms with Crippen LogP contribution in [0.15, 0.2) is 48.5 Å². The van der Waals surface area contributed by atoms with Gasteiger partial charge in [-0.1, -0.05) is 30.3 Å². The summed E-state index contributed by atoms with van der Waals surface area (Å²) in [5.41, 5.74) is 2.29. The summed E-state index contributed by atoms with van der Waals surface area (Å²) in [7, 11) is 1.36. The number of esters is 1. The highest BCUT2D eigenvalue weighted by Crippen LogP contribution is 2.17. The molecule has 0 spiro atoms. The van der Waals surface area contributed by atoms with Crippen molar-refractivity contribution in [1.82, 2.24) is 0 Å². The summed E-state index contributed by atoms with van der Waals surface area (Å²) < 4.78 is 10.5. The summed E-state index contributed by atoms with van der Waals surface area (Å²) in [6.45, 7) is 0.391. The molecule has 0 amide bonds. The van der Waals surface area contributed by atoms with Gasteiger partial charge in [-0.05, 0) is 30.2 Å². The van der Waals surface area contributed by atoms with Crippen LogP contribution in [-0.4, -0.2) is 24.8 Å². The minimum absolute atomic E-state index is 0.106. The van der Waals surface area contributed by atoms with Gasteiger partial charge >= 0.3 is 5.97 Å². The average molecular weight is 286 g/mol. The lowest BCUT2D eigenvalue weighted by Crippen LogP contribution is -2.07. The van der Waals surface area contributed by atoms with Crippen molar-refractivity contribution in [2.75, 3.05) is 13.7 Å². The van der Waals surface area contributed by atoms with Crippen LogP contribution in [0.1, 0.15) is 21.5 Å². The first-order chi connectivity index (χ1) is 10.2. The number of hydrogen-bond donors (Lipinski definition) is 1. The van der Waals surface area contributed by atoms with E-state index in [4.69, 9.17) is 14.6 Å². The van der Waals surface area contributed by atoms with Crippen molar-refractivity contribution in [3.8, 4) is 5.75 Å². The Morgan fingerprint density at radius 3 is 2.71 bits per heavy atom. The van der Waals surface area contributed by atoms with Gasteiger partial charge in [-0.25, -0.2) is 4.79 Å². The standard InChI is InChI=1S/C17H18O4/c1-20-17(19)16-8-3-2-6-14(16)12-21-15-7-4-5-13(11-15)9-10-18/h2-8,11,18H,9-10,12H2,1H3. The lowest BCUT2D eigenvalue weighted by molar-refractivity contribution is 0.0597. The largest absolute Gasteiger partial charge is 0.489 e. The molecule has 0 aromatic heterocycles. The van der Waals surface area contributed by atoms with Crippen LogP contribution in [0.5, 0.6) is 5.75 Å². The predicted octanol–water partition coefficient (Wildman–Crippen LogP) is 2.59. The monoisotopic (exact) mass is 286 g/mol. The number of carbonyl (C=O) groups excluding carboxylic acids is 1. The van der Waals surface area contributed by atoms with Gasteiger partial charge in [0.1, 0.15) is 12.4 Å². The number of aliphatic hydroxyl groups excluding tert-OH is 1. The Labute approximate surface area is 123 Å². The molecular weight excluding hydrogens is 268 g/mol. The molecule has 0 aliphatic rings. The van der Waals surface area contributed by atoms with E-state index in [0.717, 1.165) is 11.1 Å². The molecule has 2 rings (SSSR count). The topological polar surface area (TPSA) is 55.8 Å². The maximum Gasteiger partial charge on any atom is 0.338 e. The Morgan fingerprint density at radius 1 is 1.14 bits per heavy atom. The maximum absolute atomic E-state index is 11.7. The third kappa shape index (κ3) is 4.07. The van der Waals surface area contributed by atoms with Gasteiger partial charge in [-0.3, -0.25) is 0 Å². The molecule has 4 heteroatoms. The fraction of sp³-hybridized carbons (Fsp3) is 0.235. The molecule has 0 heterocycles. The molecule has 110 valence electrons. The van der Waals surface area contributed by atoms with Crippen LogP contribution in [-0.2, 0) is 17.8 Å². The van der Waals surface area contributed by atoms with E-state index in [9.17, 15) is 4.79 Å². The van der Waals surface area contributed by atoms with E-state index in [-0.39, 0.29) is 19.2 Å². The molecule has 0 saturated heterocycles. The van der Waals surface area contributed by atoms with Crippen LogP contribution in [0.4, 0.5) is 0 Å². The van der Waals surface area contributed by atoms with Crippen molar-refractivity contribution in [3.05, 3.63) is 65.2 Å². The van der Waals surface area contributed by atoms with E-state index in [1.54, 1.807) is 12.1 Å². The fourth-order valence-electron chi connectivity index (χ4n) is 2.04. The molecule has 0 atom stereocenters. The summed E-state index contributed by atoms with van der Waals surface area (Å²) in [6, 6.07) is 14.7. The number of carbonyl (C=O) groups is 1. The second-order valence-electron chi connectivity index (χ2n) is 4.56. The first-order valence-corrected chi connectivity index (χ1v) is 6.73. The quantitative estimate of drug-likeness (QED) is 0.829. The van der Waals surface area contributed by atoms with Crippen molar-refractivity contribution < 1.29 is 19.4 Å². The zero-order valence-electron chi connectivity index (χ0n) is 11.9. The van der Waals surface area contributed by atoms with Crippen molar-refractivity contribution in [2.45, 2.75) is 13.0 Å². The van der Waals surface area contributed by atoms with Crippen molar-refractivity contribution in [2.24, 2.45) is 0 Å². The number of aliphatic hydroxyl groups is 1. The molecule has 1 N–H and O–H groups in total. The fourth-order valence-corrected chi connectivity index (χ4v) is 2.04. The van der Waals surface area contributed by atoms with Crippen LogP contribution in [0, 0.1) is 0 Å². The number of ether oxygens (including phenoxy) is 2. The predicted molar refractivity (Wildman–Crippen MR) is 79.3 cm³/mol. The molecular formula is C17H18O4. The number of rotatable bonds is 6. The summed E-state index contributed by atoms with van der Waals surface area (Å²) in [4.78, 5) is 11.7. The van der Waals surface area contributed by atoms with Crippen LogP contribution in [0.2, 0.25) is 0 Å². The second-order valence-corrected chi connectivity index (χ2v) is 4.56. The van der Waals surface area contributed by atoms with E-state index in [1.165, 1.54) is 7.11 Å². The van der Waals surface area contributed by atoms with E-state index >= 15 is 0 Å². The highest BCUT2D eigenvalue weighted by molar-refractivity contribution is 5.90. The van der Waals surface area contributed by atoms with Crippen molar-refractivity contribution in [1.29, 1.82) is 0 Å². The zero-order chi connectivity index (χ0) is 15.1. The number of benzene rings is 2. The SMILES string of the molecule is COC(=O)c1ccccc1COc1cccc(CCO)c1. The van der Waals surface area contributed by atoms with Gasteiger partial charge < -0.3 is 14.6 Å². The Kier molecular flexibility index (Phi) is 5.35. The molecule has 0 unspecified atom stereocenters. The molecule has 4 nitrogen and oxygen atoms in total. The van der Waals surface area contributed by atoms with Gasteiger partial charge in [0, 0.05) is 12.2 Å². The van der Waals surface area contributed by atoms with Crippen LogP contribution in [0.3, 0.4) is 0 Å². The van der Waals surface area contributed by atoms with Crippen molar-refractivity contribution in [3.63, 3.8) is 0 Å². The normalized spacial score (nSPS) is 10.2. The third-order valence-corrected chi connectivity index (χ3v) is 3.12. The maximum atomic E-state index is 11.7. The van der Waals surface area contributed by atoms with Crippen LogP contribution >= 0.6 is 0 Å². The third-order valence-electron chi connectivity index (χ3n) is 3.12. The molecule has 0 aliphatic carbocycles. The minimum Gasteiger partial charge on any atom is -0.489 e. The molecule has 0 saturated carbocycles. The van der Waals surface area contributed by atoms with Gasteiger partial charge in [-0.15, -0.1) is 0 Å². The van der Waals surface area contributed by atoms with E-state index in [0.29, 0.717) is 17.7 Å². The second kappa shape index (κ2) is 7.45. The van der Waals surface area contributed by atoms with Crippen LogP contribution < -0.4 is 4.74 Å². The van der Waals surface area contributed by atoms with Gasteiger partial charge in [-0.2, -0.15) is 0 Å². The Hall–Kier alpha value is -2.33. The molecule has 0 radical (unpaired) electrons. The summed E-state index contributed by atoms with van der Waals surface area (Å²) in [6.07, 6.45) is 0.593. The lowest BCUT2D eigenvalue weighted by atomic mass is 10.1. The minimum atomic E-state index is -0.372. The Bertz CT molecular complexity index is 607. The zero-order valence-corrected chi connectivity index (χ0v) is 11.9. The molecule has 0 aliphatic heterocycles. The lowest BCUT2D eigenvalue weighted by Gasteiger charge is -2.10. The van der Waals surface area contributed by atoms with Gasteiger partial charge in [0.05, 0.1) is 12.7 Å². The molecule has 21 heavy (non-hydrogen) atoms. The molecule has 2 aromatic rings. The van der Waals surface area contributed by atoms with E-state index in [1.807, 2.05) is 36.4 Å². The Balaban J connectivity index is 2.09. The number of methoxy groups -OCH3 is 1. The smallest absolute Gasteiger partial charge is 0.338 e. The highest BCUT2D eigenvalue weighted by Gasteiger charge is 2.11. The van der Waals surface area contributed by atoms with E-state index in [2.05, 4.69) is 0 Å². The molecule has 0 fully saturated rings. The summed E-state index contributed by atoms with van der Waals surface area (Å²) in [5.74, 6) is 0.337. The van der Waals surface area contributed by atoms with Crippen LogP contribution in [0.25, 0.3) is 0 Å². The van der Waals surface area contributed by atoms with E-state index < -0.39 is 0 Å². The number of hydrogen-bond acceptors (Lipinski definition) is 4. The van der Waals surface area contributed by atoms with Gasteiger partial charge in [0.25, 0.3) is 0 Å². The van der Waals surface area contributed by atoms with Gasteiger partial charge in [0.2, 0.25) is 0 Å². The van der Waals surface area contributed by atoms with Gasteiger partial charge in [0.15, 0.2) is 0 Å². The summed E-state index contributed by atoms with van der Waals surface area (Å²) >= 11 is 0. The first-order valence-electron chi connectivity index (χ1n) is 6.73.